The number of nitrogens with zero attached hydrogens (tertiary/aromatic N) is 1. The minimum Gasteiger partial charge on any atom is -0.472 e. The summed E-state index contributed by atoms with van der Waals surface area (Å²) < 4.78 is 9.98. The van der Waals surface area contributed by atoms with Crippen molar-refractivity contribution in [3.05, 3.63) is 53.9 Å². The van der Waals surface area contributed by atoms with E-state index in [2.05, 4.69) is 5.32 Å². The van der Waals surface area contributed by atoms with E-state index in [0.717, 1.165) is 4.90 Å². The number of carbonyl (C=O) groups excluding carboxylic acids is 3. The average molecular weight is 286 g/mol. The number of urea groups is 1. The molecule has 7 heteroatoms. The van der Waals surface area contributed by atoms with Crippen molar-refractivity contribution in [2.45, 2.75) is 6.54 Å². The molecular weight excluding hydrogens is 276 g/mol. The van der Waals surface area contributed by atoms with Gasteiger partial charge in [0.15, 0.2) is 0 Å². The molecule has 0 bridgehead atoms. The van der Waals surface area contributed by atoms with E-state index < -0.39 is 17.8 Å². The fourth-order valence-electron chi connectivity index (χ4n) is 1.92. The normalized spacial score (nSPS) is 17.4. The van der Waals surface area contributed by atoms with Gasteiger partial charge in [0.05, 0.1) is 25.3 Å². The Labute approximate surface area is 118 Å². The van der Waals surface area contributed by atoms with Crippen LogP contribution in [-0.4, -0.2) is 22.7 Å². The maximum Gasteiger partial charge on any atom is 0.331 e. The van der Waals surface area contributed by atoms with Crippen LogP contribution in [0.5, 0.6) is 0 Å². The molecule has 0 saturated carbocycles. The molecule has 7 nitrogen and oxygen atoms in total. The Morgan fingerprint density at radius 3 is 2.71 bits per heavy atom. The van der Waals surface area contributed by atoms with Crippen molar-refractivity contribution in [1.82, 2.24) is 10.2 Å². The number of furan rings is 2. The third-order valence-corrected chi connectivity index (χ3v) is 2.93. The summed E-state index contributed by atoms with van der Waals surface area (Å²) in [7, 11) is 0. The predicted octanol–water partition coefficient (Wildman–Crippen LogP) is 1.53. The highest BCUT2D eigenvalue weighted by Gasteiger charge is 2.36. The van der Waals surface area contributed by atoms with E-state index >= 15 is 0 Å². The van der Waals surface area contributed by atoms with Crippen molar-refractivity contribution < 1.29 is 23.2 Å². The van der Waals surface area contributed by atoms with Gasteiger partial charge in [-0.2, -0.15) is 0 Å². The van der Waals surface area contributed by atoms with E-state index in [1.807, 2.05) is 0 Å². The van der Waals surface area contributed by atoms with Gasteiger partial charge in [0.1, 0.15) is 11.3 Å². The number of carbonyl (C=O) groups is 3. The van der Waals surface area contributed by atoms with Crippen LogP contribution in [0.1, 0.15) is 11.3 Å². The summed E-state index contributed by atoms with van der Waals surface area (Å²) in [5.74, 6) is -0.973. The molecule has 1 fully saturated rings. The summed E-state index contributed by atoms with van der Waals surface area (Å²) in [5.41, 5.74) is 0.420. The number of imide groups is 2. The lowest BCUT2D eigenvalue weighted by Gasteiger charge is -2.25. The molecular formula is C14H10N2O5. The first kappa shape index (κ1) is 12.9. The second kappa shape index (κ2) is 5.12. The minimum absolute atomic E-state index is 0.0479. The Morgan fingerprint density at radius 1 is 1.19 bits per heavy atom. The predicted molar refractivity (Wildman–Crippen MR) is 69.5 cm³/mol. The second-order valence-corrected chi connectivity index (χ2v) is 4.34. The third kappa shape index (κ3) is 2.48. The van der Waals surface area contributed by atoms with Crippen LogP contribution in [0.2, 0.25) is 0 Å². The number of hydrogen-bond acceptors (Lipinski definition) is 5. The number of barbiturate groups is 1. The van der Waals surface area contributed by atoms with E-state index in [4.69, 9.17) is 8.83 Å². The van der Waals surface area contributed by atoms with Crippen molar-refractivity contribution in [2.75, 3.05) is 0 Å². The Morgan fingerprint density at radius 2 is 2.05 bits per heavy atom. The van der Waals surface area contributed by atoms with Crippen LogP contribution < -0.4 is 5.32 Å². The zero-order valence-electron chi connectivity index (χ0n) is 10.7. The highest BCUT2D eigenvalue weighted by Crippen LogP contribution is 2.17. The Kier molecular flexibility index (Phi) is 3.15. The van der Waals surface area contributed by atoms with Crippen LogP contribution in [0.4, 0.5) is 4.79 Å². The molecule has 0 atom stereocenters. The third-order valence-electron chi connectivity index (χ3n) is 2.93. The summed E-state index contributed by atoms with van der Waals surface area (Å²) in [6.07, 6.45) is 5.61. The highest BCUT2D eigenvalue weighted by molar-refractivity contribution is 6.30. The minimum atomic E-state index is -0.772. The van der Waals surface area contributed by atoms with Gasteiger partial charge in [0.25, 0.3) is 11.8 Å². The van der Waals surface area contributed by atoms with Crippen molar-refractivity contribution >= 4 is 23.9 Å². The monoisotopic (exact) mass is 286 g/mol. The quantitative estimate of drug-likeness (QED) is 0.682. The fourth-order valence-corrected chi connectivity index (χ4v) is 1.92. The smallest absolute Gasteiger partial charge is 0.331 e. The summed E-state index contributed by atoms with van der Waals surface area (Å²) >= 11 is 0. The molecule has 0 radical (unpaired) electrons. The van der Waals surface area contributed by atoms with Gasteiger partial charge in [-0.1, -0.05) is 0 Å². The topological polar surface area (TPSA) is 92.8 Å². The lowest BCUT2D eigenvalue weighted by molar-refractivity contribution is -0.130. The van der Waals surface area contributed by atoms with Crippen LogP contribution >= 0.6 is 0 Å². The van der Waals surface area contributed by atoms with Crippen LogP contribution in [-0.2, 0) is 16.1 Å². The van der Waals surface area contributed by atoms with Gasteiger partial charge in [-0.25, -0.2) is 4.79 Å². The van der Waals surface area contributed by atoms with Crippen LogP contribution in [0.15, 0.2) is 51.4 Å². The maximum atomic E-state index is 12.3. The van der Waals surface area contributed by atoms with Gasteiger partial charge >= 0.3 is 6.03 Å². The van der Waals surface area contributed by atoms with E-state index in [9.17, 15) is 14.4 Å². The Balaban J connectivity index is 1.90. The zero-order valence-corrected chi connectivity index (χ0v) is 10.7. The highest BCUT2D eigenvalue weighted by atomic mass is 16.3. The fraction of sp³-hybridized carbons (Fsp3) is 0.0714. The molecule has 2 aromatic rings. The van der Waals surface area contributed by atoms with Gasteiger partial charge in [-0.15, -0.1) is 0 Å². The molecule has 4 amide bonds. The number of rotatable bonds is 3. The molecule has 0 aromatic carbocycles. The number of nitrogens with one attached hydrogen (secondary N) is 1. The summed E-state index contributed by atoms with van der Waals surface area (Å²) in [6.45, 7) is -0.0479. The Bertz CT molecular complexity index is 713. The van der Waals surface area contributed by atoms with Gasteiger partial charge in [0, 0.05) is 5.56 Å². The molecule has 1 N–H and O–H groups in total. The second-order valence-electron chi connectivity index (χ2n) is 4.34. The van der Waals surface area contributed by atoms with Crippen molar-refractivity contribution in [3.8, 4) is 0 Å². The van der Waals surface area contributed by atoms with Crippen molar-refractivity contribution in [1.29, 1.82) is 0 Å². The van der Waals surface area contributed by atoms with Crippen LogP contribution in [0.25, 0.3) is 6.08 Å². The SMILES string of the molecule is O=C1NC(=O)N(Cc2ccco2)C(=O)C1=Cc1ccoc1. The van der Waals surface area contributed by atoms with Crippen LogP contribution in [0.3, 0.4) is 0 Å². The lowest BCUT2D eigenvalue weighted by atomic mass is 10.1. The van der Waals surface area contributed by atoms with E-state index in [1.165, 1.54) is 24.9 Å². The molecule has 1 saturated heterocycles. The van der Waals surface area contributed by atoms with Gasteiger partial charge in [-0.05, 0) is 24.3 Å². The van der Waals surface area contributed by atoms with Gasteiger partial charge < -0.3 is 8.83 Å². The van der Waals surface area contributed by atoms with E-state index in [1.54, 1.807) is 18.2 Å². The number of hydrogen-bond donors (Lipinski definition) is 1. The molecule has 106 valence electrons. The first-order chi connectivity index (χ1) is 10.1. The van der Waals surface area contributed by atoms with Crippen molar-refractivity contribution in [3.63, 3.8) is 0 Å². The molecule has 2 aromatic heterocycles. The molecule has 3 heterocycles. The molecule has 0 spiro atoms. The molecule has 1 aliphatic heterocycles. The van der Waals surface area contributed by atoms with E-state index in [-0.39, 0.29) is 12.1 Å². The molecule has 0 unspecified atom stereocenters. The summed E-state index contributed by atoms with van der Waals surface area (Å²) in [4.78, 5) is 36.8. The first-order valence-corrected chi connectivity index (χ1v) is 6.08. The average Bonchev–Trinajstić information content (AvgIpc) is 3.13. The molecule has 0 aliphatic carbocycles. The number of amides is 4. The van der Waals surface area contributed by atoms with Gasteiger partial charge in [0.2, 0.25) is 0 Å². The first-order valence-electron chi connectivity index (χ1n) is 6.08. The van der Waals surface area contributed by atoms with E-state index in [0.29, 0.717) is 11.3 Å². The maximum absolute atomic E-state index is 12.3. The lowest BCUT2D eigenvalue weighted by Crippen LogP contribution is -2.53. The largest absolute Gasteiger partial charge is 0.472 e. The summed E-state index contributed by atoms with van der Waals surface area (Å²) in [6, 6.07) is 4.11. The van der Waals surface area contributed by atoms with Crippen molar-refractivity contribution in [2.24, 2.45) is 0 Å². The molecule has 21 heavy (non-hydrogen) atoms. The zero-order chi connectivity index (χ0) is 14.8. The molecule has 3 rings (SSSR count). The van der Waals surface area contributed by atoms with Gasteiger partial charge in [-0.3, -0.25) is 19.8 Å². The standard InChI is InChI=1S/C14H10N2O5/c17-12-11(6-9-3-5-20-8-9)13(18)16(14(19)15-12)7-10-2-1-4-21-10/h1-6,8H,7H2,(H,15,17,19). The van der Waals surface area contributed by atoms with Crippen LogP contribution in [0, 0.1) is 0 Å². The Hall–Kier alpha value is -3.09. The summed E-state index contributed by atoms with van der Waals surface area (Å²) in [5, 5.41) is 2.12. The molecule has 1 aliphatic rings.